The van der Waals surface area contributed by atoms with E-state index in [0.717, 1.165) is 0 Å². The van der Waals surface area contributed by atoms with Crippen LogP contribution < -0.4 is 10.6 Å². The van der Waals surface area contributed by atoms with Crippen LogP contribution in [0.4, 0.5) is 4.79 Å². The summed E-state index contributed by atoms with van der Waals surface area (Å²) in [6, 6.07) is 0. The maximum absolute atomic E-state index is 12.1. The van der Waals surface area contributed by atoms with E-state index in [2.05, 4.69) is 31.4 Å². The Hall–Kier alpha value is -1.61. The average Bonchev–Trinajstić information content (AvgIpc) is 2.51. The van der Waals surface area contributed by atoms with Crippen LogP contribution in [0.1, 0.15) is 54.4 Å². The number of alkyl carbamates (subject to hydrolysis) is 1. The Bertz CT molecular complexity index is 538. The second kappa shape index (κ2) is 10.8. The van der Waals surface area contributed by atoms with E-state index in [1.165, 1.54) is 7.11 Å². The Kier molecular flexibility index (Phi) is 10.2. The van der Waals surface area contributed by atoms with Gasteiger partial charge >= 0.3 is 12.1 Å². The highest BCUT2D eigenvalue weighted by Crippen LogP contribution is 2.37. The molecule has 0 spiro atoms. The molecule has 1 atom stereocenters. The summed E-state index contributed by atoms with van der Waals surface area (Å²) in [5.74, 6) is -0.692. The molecule has 9 heteroatoms. The fraction of sp³-hybridized carbons (Fsp3) is 0.842. The molecule has 0 aromatic carbocycles. The lowest BCUT2D eigenvalue weighted by atomic mass is 10.2. The van der Waals surface area contributed by atoms with Gasteiger partial charge in [0.25, 0.3) is 0 Å². The molecule has 0 aliphatic carbocycles. The van der Waals surface area contributed by atoms with Crippen LogP contribution in [0, 0.1) is 0 Å². The number of methoxy groups -OCH3 is 1. The summed E-state index contributed by atoms with van der Waals surface area (Å²) < 4.78 is 16.1. The summed E-state index contributed by atoms with van der Waals surface area (Å²) in [7, 11) is -0.864. The van der Waals surface area contributed by atoms with Crippen LogP contribution >= 0.6 is 0 Å². The van der Waals surface area contributed by atoms with E-state index in [4.69, 9.17) is 13.9 Å². The first-order chi connectivity index (χ1) is 12.6. The molecule has 28 heavy (non-hydrogen) atoms. The van der Waals surface area contributed by atoms with Crippen LogP contribution in [0.5, 0.6) is 0 Å². The van der Waals surface area contributed by atoms with Gasteiger partial charge in [-0.25, -0.2) is 9.59 Å². The van der Waals surface area contributed by atoms with Crippen LogP contribution in [0.15, 0.2) is 0 Å². The van der Waals surface area contributed by atoms with Gasteiger partial charge in [-0.1, -0.05) is 20.8 Å². The average molecular weight is 419 g/mol. The standard InChI is InChI=1S/C19H38N2O6Si/c1-18(2,3)26-17(24)21-13-12-20-15(22)11-10-14(16(23)25-7)27-28(8,9)19(4,5)6/h14H,10-13H2,1-9H3,(H,20,22)(H,21,24)/t14-/m1/s1. The summed E-state index contributed by atoms with van der Waals surface area (Å²) in [4.78, 5) is 35.6. The van der Waals surface area contributed by atoms with Crippen molar-refractivity contribution in [1.82, 2.24) is 10.6 Å². The summed E-state index contributed by atoms with van der Waals surface area (Å²) in [5.41, 5.74) is -0.569. The van der Waals surface area contributed by atoms with Crippen LogP contribution in [-0.2, 0) is 23.5 Å². The quantitative estimate of drug-likeness (QED) is 0.339. The first-order valence-corrected chi connectivity index (χ1v) is 12.5. The van der Waals surface area contributed by atoms with Crippen LogP contribution in [0.2, 0.25) is 18.1 Å². The monoisotopic (exact) mass is 418 g/mol. The van der Waals surface area contributed by atoms with E-state index in [0.29, 0.717) is 0 Å². The maximum Gasteiger partial charge on any atom is 0.407 e. The molecule has 0 aliphatic rings. The number of amides is 2. The Morgan fingerprint density at radius 1 is 0.964 bits per heavy atom. The molecular weight excluding hydrogens is 380 g/mol. The number of carbonyl (C=O) groups is 3. The van der Waals surface area contributed by atoms with E-state index < -0.39 is 32.1 Å². The minimum absolute atomic E-state index is 0.0607. The fourth-order valence-corrected chi connectivity index (χ4v) is 3.20. The van der Waals surface area contributed by atoms with E-state index in [-0.39, 0.29) is 36.9 Å². The molecule has 0 aromatic rings. The van der Waals surface area contributed by atoms with Gasteiger partial charge in [-0.3, -0.25) is 4.79 Å². The lowest BCUT2D eigenvalue weighted by molar-refractivity contribution is -0.149. The van der Waals surface area contributed by atoms with E-state index in [1.807, 2.05) is 13.1 Å². The van der Waals surface area contributed by atoms with Gasteiger partial charge in [-0.2, -0.15) is 0 Å². The summed E-state index contributed by atoms with van der Waals surface area (Å²) >= 11 is 0. The summed E-state index contributed by atoms with van der Waals surface area (Å²) in [6.07, 6.45) is -0.933. The highest BCUT2D eigenvalue weighted by Gasteiger charge is 2.41. The van der Waals surface area contributed by atoms with Gasteiger partial charge in [-0.15, -0.1) is 0 Å². The number of carbonyl (C=O) groups excluding carboxylic acids is 3. The first kappa shape index (κ1) is 26.4. The zero-order valence-electron chi connectivity index (χ0n) is 18.9. The molecule has 0 saturated carbocycles. The van der Waals surface area contributed by atoms with Gasteiger partial charge in [0.05, 0.1) is 7.11 Å². The number of hydrogen-bond donors (Lipinski definition) is 2. The highest BCUT2D eigenvalue weighted by atomic mass is 28.4. The van der Waals surface area contributed by atoms with Crippen LogP contribution in [0.25, 0.3) is 0 Å². The summed E-state index contributed by atoms with van der Waals surface area (Å²) in [5, 5.41) is 5.21. The molecule has 0 heterocycles. The van der Waals surface area contributed by atoms with E-state index >= 15 is 0 Å². The van der Waals surface area contributed by atoms with Crippen molar-refractivity contribution < 1.29 is 28.3 Å². The van der Waals surface area contributed by atoms with Crippen molar-refractivity contribution in [3.63, 3.8) is 0 Å². The first-order valence-electron chi connectivity index (χ1n) is 9.58. The Morgan fingerprint density at radius 3 is 1.96 bits per heavy atom. The van der Waals surface area contributed by atoms with Gasteiger partial charge in [0.2, 0.25) is 5.91 Å². The highest BCUT2D eigenvalue weighted by molar-refractivity contribution is 6.74. The number of nitrogens with one attached hydrogen (secondary N) is 2. The van der Waals surface area contributed by atoms with E-state index in [1.54, 1.807) is 20.8 Å². The minimum atomic E-state index is -2.18. The lowest BCUT2D eigenvalue weighted by Crippen LogP contribution is -2.46. The van der Waals surface area contributed by atoms with E-state index in [9.17, 15) is 14.4 Å². The molecule has 0 unspecified atom stereocenters. The Labute approximate surface area is 170 Å². The molecule has 0 rings (SSSR count). The molecule has 0 aliphatic heterocycles. The molecule has 0 saturated heterocycles. The second-order valence-electron chi connectivity index (χ2n) is 9.21. The zero-order valence-corrected chi connectivity index (χ0v) is 19.9. The maximum atomic E-state index is 12.1. The van der Waals surface area contributed by atoms with Crippen molar-refractivity contribution in [3.05, 3.63) is 0 Å². The van der Waals surface area contributed by atoms with Crippen molar-refractivity contribution >= 4 is 26.3 Å². The fourth-order valence-electron chi connectivity index (χ4n) is 1.92. The number of rotatable bonds is 9. The molecule has 0 radical (unpaired) electrons. The second-order valence-corrected chi connectivity index (χ2v) is 14.0. The van der Waals surface area contributed by atoms with Crippen LogP contribution in [-0.4, -0.2) is 58.2 Å². The topological polar surface area (TPSA) is 103 Å². The SMILES string of the molecule is COC(=O)[C@@H](CCC(=O)NCCNC(=O)OC(C)(C)C)O[Si](C)(C)C(C)(C)C. The number of ether oxygens (including phenoxy) is 2. The summed E-state index contributed by atoms with van der Waals surface area (Å²) in [6.45, 7) is 16.2. The van der Waals surface area contributed by atoms with Crippen molar-refractivity contribution in [3.8, 4) is 0 Å². The van der Waals surface area contributed by atoms with Crippen LogP contribution in [0.3, 0.4) is 0 Å². The van der Waals surface area contributed by atoms with Gasteiger partial charge in [0.1, 0.15) is 11.7 Å². The van der Waals surface area contributed by atoms with Gasteiger partial charge in [0, 0.05) is 19.5 Å². The van der Waals surface area contributed by atoms with Gasteiger partial charge in [-0.05, 0) is 45.3 Å². The number of esters is 1. The molecule has 2 N–H and O–H groups in total. The molecule has 8 nitrogen and oxygen atoms in total. The third kappa shape index (κ3) is 10.7. The molecule has 164 valence electrons. The Balaban J connectivity index is 4.43. The third-order valence-corrected chi connectivity index (χ3v) is 8.94. The number of hydrogen-bond acceptors (Lipinski definition) is 6. The van der Waals surface area contributed by atoms with Crippen molar-refractivity contribution in [2.75, 3.05) is 20.2 Å². The third-order valence-electron chi connectivity index (χ3n) is 4.46. The zero-order chi connectivity index (χ0) is 22.2. The van der Waals surface area contributed by atoms with Crippen molar-refractivity contribution in [2.24, 2.45) is 0 Å². The molecule has 0 bridgehead atoms. The lowest BCUT2D eigenvalue weighted by Gasteiger charge is -2.38. The van der Waals surface area contributed by atoms with Crippen molar-refractivity contribution in [1.29, 1.82) is 0 Å². The van der Waals surface area contributed by atoms with Gasteiger partial charge < -0.3 is 24.5 Å². The predicted octanol–water partition coefficient (Wildman–Crippen LogP) is 2.97. The minimum Gasteiger partial charge on any atom is -0.467 e. The molecule has 2 amide bonds. The molecule has 0 fully saturated rings. The molecular formula is C19H38N2O6Si. The predicted molar refractivity (Wildman–Crippen MR) is 111 cm³/mol. The largest absolute Gasteiger partial charge is 0.467 e. The smallest absolute Gasteiger partial charge is 0.407 e. The van der Waals surface area contributed by atoms with Gasteiger partial charge in [0.15, 0.2) is 8.32 Å². The Morgan fingerprint density at radius 2 is 1.50 bits per heavy atom. The normalized spacial score (nSPS) is 13.5. The molecule has 0 aromatic heterocycles. The van der Waals surface area contributed by atoms with Crippen molar-refractivity contribution in [2.45, 2.75) is 84.2 Å².